The lowest BCUT2D eigenvalue weighted by Gasteiger charge is -2.10. The normalized spacial score (nSPS) is 10.5. The smallest absolute Gasteiger partial charge is 0.257 e. The maximum Gasteiger partial charge on any atom is 0.257 e. The highest BCUT2D eigenvalue weighted by molar-refractivity contribution is 8.01. The van der Waals surface area contributed by atoms with Crippen molar-refractivity contribution in [3.63, 3.8) is 0 Å². The molecule has 0 saturated carbocycles. The van der Waals surface area contributed by atoms with Gasteiger partial charge in [0.1, 0.15) is 0 Å². The monoisotopic (exact) mass is 486 g/mol. The van der Waals surface area contributed by atoms with Crippen molar-refractivity contribution in [2.45, 2.75) is 24.6 Å². The van der Waals surface area contributed by atoms with Crippen molar-refractivity contribution in [3.8, 4) is 11.5 Å². The Labute approximate surface area is 201 Å². The van der Waals surface area contributed by atoms with Crippen molar-refractivity contribution in [2.75, 3.05) is 31.8 Å². The third-order valence-electron chi connectivity index (χ3n) is 4.62. The van der Waals surface area contributed by atoms with Gasteiger partial charge in [0.15, 0.2) is 15.8 Å². The second-order valence-electron chi connectivity index (χ2n) is 7.28. The van der Waals surface area contributed by atoms with Gasteiger partial charge >= 0.3 is 0 Å². The highest BCUT2D eigenvalue weighted by Gasteiger charge is 2.13. The molecule has 0 unspecified atom stereocenters. The van der Waals surface area contributed by atoms with Crippen LogP contribution in [0.3, 0.4) is 0 Å². The lowest BCUT2D eigenvalue weighted by molar-refractivity contribution is -0.118. The fourth-order valence-electron chi connectivity index (χ4n) is 3.15. The summed E-state index contributed by atoms with van der Waals surface area (Å²) in [5.74, 6) is 1.21. The van der Waals surface area contributed by atoms with Crippen LogP contribution < -0.4 is 20.1 Å². The van der Waals surface area contributed by atoms with Crippen LogP contribution in [-0.2, 0) is 11.2 Å². The Morgan fingerprint density at radius 2 is 1.73 bits per heavy atom. The number of hydrogen-bond acceptors (Lipinski definition) is 8. The Kier molecular flexibility index (Phi) is 8.67. The van der Waals surface area contributed by atoms with Crippen LogP contribution >= 0.6 is 23.1 Å². The van der Waals surface area contributed by atoms with E-state index >= 15 is 0 Å². The van der Waals surface area contributed by atoms with Crippen LogP contribution in [0.4, 0.5) is 5.13 Å². The van der Waals surface area contributed by atoms with Gasteiger partial charge in [-0.25, -0.2) is 0 Å². The van der Waals surface area contributed by atoms with Crippen LogP contribution in [0.1, 0.15) is 27.0 Å². The SMILES string of the molecule is COc1ccc(CCNC(=O)CSc2nnc(NC(=O)c3cc(C)cc(C)c3)s2)cc1OC. The number of aryl methyl sites for hydroxylation is 2. The number of aromatic nitrogens is 2. The average molecular weight is 487 g/mol. The molecule has 33 heavy (non-hydrogen) atoms. The molecule has 0 radical (unpaired) electrons. The summed E-state index contributed by atoms with van der Waals surface area (Å²) < 4.78 is 11.1. The maximum absolute atomic E-state index is 12.4. The van der Waals surface area contributed by atoms with Gasteiger partial charge in [0, 0.05) is 12.1 Å². The third-order valence-corrected chi connectivity index (χ3v) is 6.59. The van der Waals surface area contributed by atoms with E-state index < -0.39 is 0 Å². The second-order valence-corrected chi connectivity index (χ2v) is 9.48. The quantitative estimate of drug-likeness (QED) is 0.331. The molecule has 0 aliphatic heterocycles. The predicted molar refractivity (Wildman–Crippen MR) is 131 cm³/mol. The lowest BCUT2D eigenvalue weighted by Crippen LogP contribution is -2.27. The van der Waals surface area contributed by atoms with Crippen molar-refractivity contribution >= 4 is 40.0 Å². The number of nitrogens with zero attached hydrogens (tertiary/aromatic N) is 2. The van der Waals surface area contributed by atoms with Crippen molar-refractivity contribution in [3.05, 3.63) is 58.7 Å². The molecule has 0 bridgehead atoms. The first-order chi connectivity index (χ1) is 15.9. The van der Waals surface area contributed by atoms with Gasteiger partial charge in [-0.15, -0.1) is 10.2 Å². The van der Waals surface area contributed by atoms with E-state index in [1.54, 1.807) is 14.2 Å². The van der Waals surface area contributed by atoms with E-state index in [0.29, 0.717) is 39.5 Å². The number of amides is 2. The van der Waals surface area contributed by atoms with Gasteiger partial charge in [0.05, 0.1) is 20.0 Å². The molecule has 174 valence electrons. The van der Waals surface area contributed by atoms with Crippen molar-refractivity contribution < 1.29 is 19.1 Å². The number of nitrogens with one attached hydrogen (secondary N) is 2. The molecule has 3 aromatic rings. The summed E-state index contributed by atoms with van der Waals surface area (Å²) in [7, 11) is 3.18. The van der Waals surface area contributed by atoms with Crippen molar-refractivity contribution in [1.82, 2.24) is 15.5 Å². The van der Waals surface area contributed by atoms with Gasteiger partial charge < -0.3 is 14.8 Å². The van der Waals surface area contributed by atoms with Gasteiger partial charge in [-0.1, -0.05) is 46.4 Å². The molecule has 2 N–H and O–H groups in total. The van der Waals surface area contributed by atoms with E-state index in [1.165, 1.54) is 23.1 Å². The zero-order valence-electron chi connectivity index (χ0n) is 18.9. The van der Waals surface area contributed by atoms with Gasteiger partial charge in [-0.05, 0) is 50.1 Å². The third kappa shape index (κ3) is 7.19. The minimum Gasteiger partial charge on any atom is -0.493 e. The molecule has 1 heterocycles. The molecule has 0 atom stereocenters. The highest BCUT2D eigenvalue weighted by Crippen LogP contribution is 2.28. The molecule has 1 aromatic heterocycles. The van der Waals surface area contributed by atoms with Gasteiger partial charge in [-0.2, -0.15) is 0 Å². The van der Waals surface area contributed by atoms with Gasteiger partial charge in [-0.3, -0.25) is 14.9 Å². The molecule has 10 heteroatoms. The standard InChI is InChI=1S/C23H26N4O4S2/c1-14-9-15(2)11-17(10-14)21(29)25-22-26-27-23(33-22)32-13-20(28)24-8-7-16-5-6-18(30-3)19(12-16)31-4/h5-6,9-12H,7-8,13H2,1-4H3,(H,24,28)(H,25,26,29). The number of benzene rings is 2. The number of carbonyl (C=O) groups excluding carboxylic acids is 2. The summed E-state index contributed by atoms with van der Waals surface area (Å²) in [5, 5.41) is 14.1. The number of carbonyl (C=O) groups is 2. The number of thioether (sulfide) groups is 1. The summed E-state index contributed by atoms with van der Waals surface area (Å²) in [6, 6.07) is 11.3. The zero-order valence-corrected chi connectivity index (χ0v) is 20.6. The van der Waals surface area contributed by atoms with E-state index in [0.717, 1.165) is 16.7 Å². The van der Waals surface area contributed by atoms with Gasteiger partial charge in [0.25, 0.3) is 5.91 Å². The summed E-state index contributed by atoms with van der Waals surface area (Å²) >= 11 is 2.52. The first-order valence-corrected chi connectivity index (χ1v) is 12.0. The van der Waals surface area contributed by atoms with Crippen LogP contribution in [0.25, 0.3) is 0 Å². The summed E-state index contributed by atoms with van der Waals surface area (Å²) in [6.45, 7) is 4.40. The predicted octanol–water partition coefficient (Wildman–Crippen LogP) is 3.88. The fourth-order valence-corrected chi connectivity index (χ4v) is 4.73. The summed E-state index contributed by atoms with van der Waals surface area (Å²) in [4.78, 5) is 24.6. The van der Waals surface area contributed by atoms with Crippen LogP contribution in [-0.4, -0.2) is 48.5 Å². The molecule has 8 nitrogen and oxygen atoms in total. The van der Waals surface area contributed by atoms with Crippen LogP contribution in [0, 0.1) is 13.8 Å². The zero-order chi connectivity index (χ0) is 23.8. The number of rotatable bonds is 10. The first-order valence-electron chi connectivity index (χ1n) is 10.2. The minimum atomic E-state index is -0.234. The number of anilines is 1. The van der Waals surface area contributed by atoms with E-state index in [2.05, 4.69) is 20.8 Å². The summed E-state index contributed by atoms with van der Waals surface area (Å²) in [6.07, 6.45) is 0.671. The van der Waals surface area contributed by atoms with Crippen molar-refractivity contribution in [2.24, 2.45) is 0 Å². The first kappa shape index (κ1) is 24.5. The van der Waals surface area contributed by atoms with Crippen LogP contribution in [0.2, 0.25) is 0 Å². The molecule has 0 saturated heterocycles. The summed E-state index contributed by atoms with van der Waals surface area (Å²) in [5.41, 5.74) is 3.65. The molecule has 3 rings (SSSR count). The molecule has 0 aliphatic rings. The number of methoxy groups -OCH3 is 2. The molecule has 0 aliphatic carbocycles. The van der Waals surface area contributed by atoms with E-state index in [1.807, 2.05) is 50.2 Å². The fraction of sp³-hybridized carbons (Fsp3) is 0.304. The largest absolute Gasteiger partial charge is 0.493 e. The molecular formula is C23H26N4O4S2. The lowest BCUT2D eigenvalue weighted by atomic mass is 10.1. The Hall–Kier alpha value is -3.11. The molecule has 0 spiro atoms. The van der Waals surface area contributed by atoms with Crippen LogP contribution in [0.5, 0.6) is 11.5 Å². The minimum absolute atomic E-state index is 0.100. The second kappa shape index (κ2) is 11.7. The van der Waals surface area contributed by atoms with Crippen LogP contribution in [0.15, 0.2) is 40.7 Å². The number of hydrogen-bond donors (Lipinski definition) is 2. The molecule has 0 fully saturated rings. The topological polar surface area (TPSA) is 102 Å². The van der Waals surface area contributed by atoms with E-state index in [9.17, 15) is 9.59 Å². The van der Waals surface area contributed by atoms with Gasteiger partial charge in [0.2, 0.25) is 11.0 Å². The van der Waals surface area contributed by atoms with E-state index in [-0.39, 0.29) is 17.6 Å². The Morgan fingerprint density at radius 1 is 1.00 bits per heavy atom. The molecule has 2 amide bonds. The molecule has 2 aromatic carbocycles. The Bertz CT molecular complexity index is 1110. The Morgan fingerprint density at radius 3 is 2.42 bits per heavy atom. The van der Waals surface area contributed by atoms with E-state index in [4.69, 9.17) is 9.47 Å². The van der Waals surface area contributed by atoms with Crippen molar-refractivity contribution in [1.29, 1.82) is 0 Å². The maximum atomic E-state index is 12.4. The highest BCUT2D eigenvalue weighted by atomic mass is 32.2. The number of ether oxygens (including phenoxy) is 2. The molecular weight excluding hydrogens is 460 g/mol. The Balaban J connectivity index is 1.43. The average Bonchev–Trinajstić information content (AvgIpc) is 3.24.